The van der Waals surface area contributed by atoms with Gasteiger partial charge in [0.25, 0.3) is 0 Å². The van der Waals surface area contributed by atoms with Gasteiger partial charge in [0.15, 0.2) is 0 Å². The van der Waals surface area contributed by atoms with Crippen molar-refractivity contribution in [2.45, 2.75) is 20.3 Å². The smallest absolute Gasteiger partial charge is 0.128 e. The topological polar surface area (TPSA) is 42.1 Å². The molecule has 3 nitrogen and oxygen atoms in total. The highest BCUT2D eigenvalue weighted by atomic mass is 15.2. The van der Waals surface area contributed by atoms with Crippen molar-refractivity contribution in [1.82, 2.24) is 4.98 Å². The van der Waals surface area contributed by atoms with Crippen LogP contribution in [0.5, 0.6) is 0 Å². The monoisotopic (exact) mass is 207 g/mol. The number of rotatable bonds is 5. The highest BCUT2D eigenvalue weighted by Crippen LogP contribution is 2.11. The minimum Gasteiger partial charge on any atom is -0.359 e. The van der Waals surface area contributed by atoms with Crippen LogP contribution in [0.15, 0.2) is 18.3 Å². The number of nitrogens with zero attached hydrogens (tertiary/aromatic N) is 2. The first kappa shape index (κ1) is 12.0. The molecule has 0 amide bonds. The molecule has 0 saturated heterocycles. The molecule has 1 heterocycles. The zero-order valence-corrected chi connectivity index (χ0v) is 9.90. The summed E-state index contributed by atoms with van der Waals surface area (Å²) >= 11 is 0. The lowest BCUT2D eigenvalue weighted by molar-refractivity contribution is 0.634. The average Bonchev–Trinajstić information content (AvgIpc) is 2.18. The third kappa shape index (κ3) is 3.88. The fourth-order valence-electron chi connectivity index (χ4n) is 1.60. The van der Waals surface area contributed by atoms with E-state index in [0.717, 1.165) is 18.8 Å². The third-order valence-electron chi connectivity index (χ3n) is 2.27. The summed E-state index contributed by atoms with van der Waals surface area (Å²) in [6, 6.07) is 4.17. The van der Waals surface area contributed by atoms with Crippen molar-refractivity contribution < 1.29 is 0 Å². The average molecular weight is 207 g/mol. The molecule has 0 fully saturated rings. The van der Waals surface area contributed by atoms with Gasteiger partial charge in [0.05, 0.1) is 0 Å². The first-order chi connectivity index (χ1) is 7.13. The number of anilines is 1. The maximum Gasteiger partial charge on any atom is 0.128 e. The molecule has 0 aliphatic carbocycles. The van der Waals surface area contributed by atoms with E-state index in [9.17, 15) is 0 Å². The summed E-state index contributed by atoms with van der Waals surface area (Å²) in [5, 5.41) is 0. The van der Waals surface area contributed by atoms with Gasteiger partial charge in [-0.15, -0.1) is 0 Å². The Bertz CT molecular complexity index is 279. The molecule has 0 saturated carbocycles. The molecule has 2 N–H and O–H groups in total. The van der Waals surface area contributed by atoms with Crippen molar-refractivity contribution in [1.29, 1.82) is 0 Å². The van der Waals surface area contributed by atoms with Crippen LogP contribution in [0.4, 0.5) is 5.82 Å². The van der Waals surface area contributed by atoms with Crippen LogP contribution >= 0.6 is 0 Å². The summed E-state index contributed by atoms with van der Waals surface area (Å²) in [5.41, 5.74) is 6.69. The van der Waals surface area contributed by atoms with Crippen molar-refractivity contribution in [3.63, 3.8) is 0 Å². The van der Waals surface area contributed by atoms with E-state index in [-0.39, 0.29) is 0 Å². The van der Waals surface area contributed by atoms with Crippen LogP contribution in [0.25, 0.3) is 0 Å². The Morgan fingerprint density at radius 2 is 2.13 bits per heavy atom. The van der Waals surface area contributed by atoms with Gasteiger partial charge in [-0.3, -0.25) is 0 Å². The summed E-state index contributed by atoms with van der Waals surface area (Å²) < 4.78 is 0. The van der Waals surface area contributed by atoms with E-state index >= 15 is 0 Å². The largest absolute Gasteiger partial charge is 0.359 e. The lowest BCUT2D eigenvalue weighted by atomic mass is 10.2. The molecule has 0 aliphatic heterocycles. The van der Waals surface area contributed by atoms with Gasteiger partial charge in [-0.05, 0) is 30.5 Å². The molecular weight excluding hydrogens is 186 g/mol. The minimum atomic E-state index is 0.653. The number of pyridine rings is 1. The van der Waals surface area contributed by atoms with E-state index in [4.69, 9.17) is 5.73 Å². The SMILES string of the molecule is CC(C)CN(C)c1ccc(CCN)cn1. The molecule has 0 spiro atoms. The molecule has 0 aromatic carbocycles. The van der Waals surface area contributed by atoms with Crippen molar-refractivity contribution >= 4 is 5.82 Å². The quantitative estimate of drug-likeness (QED) is 0.798. The Kier molecular flexibility index (Phi) is 4.56. The second-order valence-corrected chi connectivity index (χ2v) is 4.34. The highest BCUT2D eigenvalue weighted by Gasteiger charge is 2.04. The van der Waals surface area contributed by atoms with Crippen LogP contribution in [0.2, 0.25) is 0 Å². The second-order valence-electron chi connectivity index (χ2n) is 4.34. The van der Waals surface area contributed by atoms with Crippen LogP contribution in [0.3, 0.4) is 0 Å². The molecule has 0 radical (unpaired) electrons. The summed E-state index contributed by atoms with van der Waals surface area (Å²) in [7, 11) is 2.07. The van der Waals surface area contributed by atoms with Crippen LogP contribution in [0, 0.1) is 5.92 Å². The maximum atomic E-state index is 5.49. The molecule has 84 valence electrons. The van der Waals surface area contributed by atoms with E-state index in [1.165, 1.54) is 5.56 Å². The lowest BCUT2D eigenvalue weighted by Crippen LogP contribution is -2.23. The zero-order valence-electron chi connectivity index (χ0n) is 9.90. The Morgan fingerprint density at radius 1 is 1.40 bits per heavy atom. The van der Waals surface area contributed by atoms with Crippen LogP contribution in [-0.4, -0.2) is 25.1 Å². The van der Waals surface area contributed by atoms with E-state index in [1.807, 2.05) is 6.20 Å². The summed E-state index contributed by atoms with van der Waals surface area (Å²) in [4.78, 5) is 6.60. The Labute approximate surface area is 92.3 Å². The second kappa shape index (κ2) is 5.71. The van der Waals surface area contributed by atoms with Gasteiger partial charge >= 0.3 is 0 Å². The van der Waals surface area contributed by atoms with E-state index in [2.05, 4.69) is 42.9 Å². The third-order valence-corrected chi connectivity index (χ3v) is 2.27. The van der Waals surface area contributed by atoms with Gasteiger partial charge in [-0.1, -0.05) is 19.9 Å². The standard InChI is InChI=1S/C12H21N3/c1-10(2)9-15(3)12-5-4-11(6-7-13)8-14-12/h4-5,8,10H,6-7,9,13H2,1-3H3. The number of nitrogens with two attached hydrogens (primary N) is 1. The zero-order chi connectivity index (χ0) is 11.3. The molecular formula is C12H21N3. The van der Waals surface area contributed by atoms with Gasteiger partial charge in [-0.25, -0.2) is 4.98 Å². The molecule has 1 rings (SSSR count). The van der Waals surface area contributed by atoms with Crippen molar-refractivity contribution in [2.75, 3.05) is 25.0 Å². The minimum absolute atomic E-state index is 0.653. The molecule has 0 bridgehead atoms. The van der Waals surface area contributed by atoms with Gasteiger partial charge in [0, 0.05) is 19.8 Å². The fraction of sp³-hybridized carbons (Fsp3) is 0.583. The van der Waals surface area contributed by atoms with Gasteiger partial charge in [-0.2, -0.15) is 0 Å². The van der Waals surface area contributed by atoms with Gasteiger partial charge < -0.3 is 10.6 Å². The van der Waals surface area contributed by atoms with Gasteiger partial charge in [0.1, 0.15) is 5.82 Å². The molecule has 0 unspecified atom stereocenters. The number of hydrogen-bond donors (Lipinski definition) is 1. The van der Waals surface area contributed by atoms with Crippen LogP contribution in [0.1, 0.15) is 19.4 Å². The summed E-state index contributed by atoms with van der Waals surface area (Å²) in [5.74, 6) is 1.69. The first-order valence-corrected chi connectivity index (χ1v) is 5.49. The molecule has 3 heteroatoms. The maximum absolute atomic E-state index is 5.49. The first-order valence-electron chi connectivity index (χ1n) is 5.49. The summed E-state index contributed by atoms with van der Waals surface area (Å²) in [6.45, 7) is 6.13. The van der Waals surface area contributed by atoms with Crippen LogP contribution < -0.4 is 10.6 Å². The fourth-order valence-corrected chi connectivity index (χ4v) is 1.60. The lowest BCUT2D eigenvalue weighted by Gasteiger charge is -2.20. The van der Waals surface area contributed by atoms with Crippen molar-refractivity contribution in [3.8, 4) is 0 Å². The van der Waals surface area contributed by atoms with Gasteiger partial charge in [0.2, 0.25) is 0 Å². The molecule has 15 heavy (non-hydrogen) atoms. The molecule has 1 aromatic heterocycles. The Hall–Kier alpha value is -1.09. The van der Waals surface area contributed by atoms with E-state index in [1.54, 1.807) is 0 Å². The number of aromatic nitrogens is 1. The van der Waals surface area contributed by atoms with E-state index < -0.39 is 0 Å². The molecule has 0 aliphatic rings. The Balaban J connectivity index is 2.62. The van der Waals surface area contributed by atoms with E-state index in [0.29, 0.717) is 12.5 Å². The normalized spacial score (nSPS) is 10.7. The van der Waals surface area contributed by atoms with Crippen molar-refractivity contribution in [3.05, 3.63) is 23.9 Å². The predicted molar refractivity (Wildman–Crippen MR) is 65.1 cm³/mol. The predicted octanol–water partition coefficient (Wildman–Crippen LogP) is 1.68. The summed E-state index contributed by atoms with van der Waals surface area (Å²) in [6.07, 6.45) is 2.82. The number of hydrogen-bond acceptors (Lipinski definition) is 3. The highest BCUT2D eigenvalue weighted by molar-refractivity contribution is 5.38. The molecule has 0 atom stereocenters. The van der Waals surface area contributed by atoms with Crippen molar-refractivity contribution in [2.24, 2.45) is 11.7 Å². The Morgan fingerprint density at radius 3 is 2.60 bits per heavy atom. The van der Waals surface area contributed by atoms with Crippen LogP contribution in [-0.2, 0) is 6.42 Å². The molecule has 1 aromatic rings.